The van der Waals surface area contributed by atoms with E-state index in [1.807, 2.05) is 4.98 Å². The zero-order valence-electron chi connectivity index (χ0n) is 16.9. The number of H-pyrrole nitrogens is 1. The van der Waals surface area contributed by atoms with E-state index in [0.29, 0.717) is 4.57 Å². The van der Waals surface area contributed by atoms with Crippen molar-refractivity contribution < 1.29 is 61.2 Å². The second kappa shape index (κ2) is 10.9. The van der Waals surface area contributed by atoms with Crippen LogP contribution < -0.4 is 11.2 Å². The summed E-state index contributed by atoms with van der Waals surface area (Å²) in [5, 5.41) is 19.9. The van der Waals surface area contributed by atoms with Crippen LogP contribution in [-0.4, -0.2) is 70.4 Å². The topological polar surface area (TPSA) is 247 Å². The highest BCUT2D eigenvalue weighted by Crippen LogP contribution is 2.66. The Morgan fingerprint density at radius 2 is 1.79 bits per heavy atom. The molecule has 0 bridgehead atoms. The molecular formula is C12H22FN2O14P3S. The van der Waals surface area contributed by atoms with Crippen molar-refractivity contribution >= 4 is 34.2 Å². The Hall–Kier alpha value is -0.680. The fourth-order valence-corrected chi connectivity index (χ4v) is 6.12. The van der Waals surface area contributed by atoms with Gasteiger partial charge in [-0.15, -0.1) is 0 Å². The Morgan fingerprint density at radius 1 is 1.21 bits per heavy atom. The van der Waals surface area contributed by atoms with Crippen LogP contribution in [0.4, 0.5) is 4.39 Å². The second-order valence-electron chi connectivity index (χ2n) is 6.95. The normalized spacial score (nSPS) is 20.8. The Morgan fingerprint density at radius 3 is 2.24 bits per heavy atom. The predicted octanol–water partition coefficient (Wildman–Crippen LogP) is -1.02. The fraction of sp³-hybridized carbons (Fsp3) is 0.667. The number of alkyl halides is 1. The number of nitrogens with one attached hydrogen (secondary N) is 1. The summed E-state index contributed by atoms with van der Waals surface area (Å²) in [5.74, 6) is 0. The molecule has 1 unspecified atom stereocenters. The first-order valence-corrected chi connectivity index (χ1v) is 14.0. The molecule has 0 saturated heterocycles. The average molecular weight is 562 g/mol. The summed E-state index contributed by atoms with van der Waals surface area (Å²) >= 11 is 4.43. The molecule has 0 saturated carbocycles. The van der Waals surface area contributed by atoms with Gasteiger partial charge in [-0.25, -0.2) is 22.6 Å². The molecule has 0 aliphatic carbocycles. The van der Waals surface area contributed by atoms with Crippen LogP contribution in [0, 0.1) is 0 Å². The molecule has 16 nitrogen and oxygen atoms in total. The maximum Gasteiger partial charge on any atom is 0.488 e. The highest BCUT2D eigenvalue weighted by Gasteiger charge is 2.43. The zero-order valence-corrected chi connectivity index (χ0v) is 20.4. The smallest absolute Gasteiger partial charge is 0.393 e. The number of ether oxygens (including phenoxy) is 1. The quantitative estimate of drug-likeness (QED) is 0.142. The molecule has 0 radical (unpaired) electrons. The van der Waals surface area contributed by atoms with E-state index in [0.717, 1.165) is 26.1 Å². The van der Waals surface area contributed by atoms with E-state index in [1.54, 1.807) is 0 Å². The van der Waals surface area contributed by atoms with E-state index in [2.05, 4.69) is 20.4 Å². The van der Waals surface area contributed by atoms with Gasteiger partial charge in [-0.2, -0.15) is 4.31 Å². The maximum atomic E-state index is 13.8. The number of aromatic nitrogens is 2. The number of aliphatic hydroxyl groups is 2. The number of phosphoric acid groups is 2. The molecular weight excluding hydrogens is 540 g/mol. The Labute approximate surface area is 189 Å². The molecule has 0 amide bonds. The summed E-state index contributed by atoms with van der Waals surface area (Å²) in [5.41, 5.74) is -6.33. The number of nitrogens with zero attached hydrogens (tertiary/aromatic N) is 1. The number of hydrogen-bond acceptors (Lipinski definition) is 11. The maximum absolute atomic E-state index is 13.8. The summed E-state index contributed by atoms with van der Waals surface area (Å²) in [4.78, 5) is 61.5. The molecule has 0 aliphatic heterocycles. The first-order valence-electron chi connectivity index (χ1n) is 8.42. The third-order valence-corrected chi connectivity index (χ3v) is 8.28. The van der Waals surface area contributed by atoms with Crippen molar-refractivity contribution in [1.82, 2.24) is 9.55 Å². The molecule has 5 atom stereocenters. The van der Waals surface area contributed by atoms with E-state index in [1.165, 1.54) is 0 Å². The van der Waals surface area contributed by atoms with Crippen molar-refractivity contribution in [2.75, 3.05) is 19.9 Å². The van der Waals surface area contributed by atoms with Crippen molar-refractivity contribution in [3.8, 4) is 0 Å². The molecule has 33 heavy (non-hydrogen) atoms. The Balaban J connectivity index is 3.15. The summed E-state index contributed by atoms with van der Waals surface area (Å²) in [6.45, 7) is -6.34. The van der Waals surface area contributed by atoms with E-state index in [-0.39, 0.29) is 0 Å². The molecule has 0 aliphatic rings. The van der Waals surface area contributed by atoms with E-state index < -0.39 is 70.9 Å². The van der Waals surface area contributed by atoms with Gasteiger partial charge in [0.15, 0.2) is 6.23 Å². The summed E-state index contributed by atoms with van der Waals surface area (Å²) < 4.78 is 54.3. The number of aromatic amines is 1. The van der Waals surface area contributed by atoms with Crippen molar-refractivity contribution in [1.29, 1.82) is 0 Å². The van der Waals surface area contributed by atoms with Crippen molar-refractivity contribution in [3.05, 3.63) is 33.1 Å². The minimum Gasteiger partial charge on any atom is -0.393 e. The van der Waals surface area contributed by atoms with E-state index >= 15 is 0 Å². The molecule has 0 fully saturated rings. The Kier molecular flexibility index (Phi) is 10.1. The van der Waals surface area contributed by atoms with Gasteiger partial charge in [-0.1, -0.05) is 0 Å². The molecule has 21 heteroatoms. The van der Waals surface area contributed by atoms with Gasteiger partial charge in [0, 0.05) is 12.3 Å². The molecule has 1 heterocycles. The first-order chi connectivity index (χ1) is 14.7. The van der Waals surface area contributed by atoms with Gasteiger partial charge in [-0.3, -0.25) is 14.3 Å². The lowest BCUT2D eigenvalue weighted by molar-refractivity contribution is -0.221. The zero-order chi connectivity index (χ0) is 25.9. The second-order valence-corrected chi connectivity index (χ2v) is 12.8. The van der Waals surface area contributed by atoms with Crippen LogP contribution in [-0.2, 0) is 38.8 Å². The molecule has 192 valence electrons. The summed E-state index contributed by atoms with van der Waals surface area (Å²) in [6, 6.07) is 0.871. The summed E-state index contributed by atoms with van der Waals surface area (Å²) in [7, 11) is -11.2. The van der Waals surface area contributed by atoms with Gasteiger partial charge in [0.1, 0.15) is 17.9 Å². The number of halogens is 1. The van der Waals surface area contributed by atoms with Crippen LogP contribution in [0.15, 0.2) is 21.9 Å². The molecule has 1 aromatic heterocycles. The van der Waals surface area contributed by atoms with Gasteiger partial charge in [0.2, 0.25) is 0 Å². The monoisotopic (exact) mass is 562 g/mol. The van der Waals surface area contributed by atoms with Crippen LogP contribution in [0.3, 0.4) is 0 Å². The molecule has 1 rings (SSSR count). The lowest BCUT2D eigenvalue weighted by Gasteiger charge is -2.38. The number of hydrogen-bond donors (Lipinski definition) is 7. The highest BCUT2D eigenvalue weighted by atomic mass is 32.5. The fourth-order valence-electron chi connectivity index (χ4n) is 2.07. The van der Waals surface area contributed by atoms with Crippen molar-refractivity contribution in [2.45, 2.75) is 31.3 Å². The van der Waals surface area contributed by atoms with Crippen molar-refractivity contribution in [3.63, 3.8) is 0 Å². The molecule has 1 aromatic rings. The number of rotatable bonds is 13. The molecule has 0 aromatic carbocycles. The first kappa shape index (κ1) is 30.4. The highest BCUT2D eigenvalue weighted by molar-refractivity contribution is 8.08. The van der Waals surface area contributed by atoms with Crippen LogP contribution in [0.5, 0.6) is 0 Å². The standard InChI is InChI=1S/C12H22FN2O14P3S/c1-11(5-13,7-26-32(25,33)29-31(23,24)28-30(20,21)22)27-9(12(2,19)6-16)15-4-3-8(17)14-10(15)18/h3-4,9,16,19H,5-7H2,1-2H3,(H,23,24)(H,25,33)(H,14,17,18)(H2,20,21,22)/t9-,11-,12-,32+/m1/s1. The van der Waals surface area contributed by atoms with Crippen LogP contribution >= 0.6 is 22.4 Å². The average Bonchev–Trinajstić information content (AvgIpc) is 2.62. The Bertz CT molecular complexity index is 1090. The van der Waals surface area contributed by atoms with Crippen LogP contribution in [0.1, 0.15) is 20.1 Å². The molecule has 7 N–H and O–H groups in total. The largest absolute Gasteiger partial charge is 0.488 e. The number of aliphatic hydroxyl groups excluding tert-OH is 1. The van der Waals surface area contributed by atoms with Crippen molar-refractivity contribution in [2.24, 2.45) is 0 Å². The van der Waals surface area contributed by atoms with Crippen LogP contribution in [0.2, 0.25) is 0 Å². The lowest BCUT2D eigenvalue weighted by Crippen LogP contribution is -2.51. The SMILES string of the molecule is C[C@@](CF)(CO[P@](O)(=S)OP(=O)(O)OP(=O)(O)O)O[C@@H](n1ccc(=O)[nH]c1=O)[C@](C)(O)CO. The predicted molar refractivity (Wildman–Crippen MR) is 110 cm³/mol. The third-order valence-electron chi connectivity index (χ3n) is 3.58. The van der Waals surface area contributed by atoms with Gasteiger partial charge in [0.25, 0.3) is 5.56 Å². The minimum atomic E-state index is -5.62. The molecule has 0 spiro atoms. The van der Waals surface area contributed by atoms with Gasteiger partial charge in [0.05, 0.1) is 13.2 Å². The van der Waals surface area contributed by atoms with E-state index in [9.17, 15) is 43.1 Å². The third kappa shape index (κ3) is 9.84. The van der Waals surface area contributed by atoms with Gasteiger partial charge >= 0.3 is 28.1 Å². The van der Waals surface area contributed by atoms with Crippen LogP contribution in [0.25, 0.3) is 0 Å². The van der Waals surface area contributed by atoms with E-state index in [4.69, 9.17) is 19.0 Å². The van der Waals surface area contributed by atoms with Gasteiger partial charge < -0.3 is 39.0 Å². The summed E-state index contributed by atoms with van der Waals surface area (Å²) in [6.07, 6.45) is -0.966. The minimum absolute atomic E-state index is 0.618. The lowest BCUT2D eigenvalue weighted by atomic mass is 10.0. The van der Waals surface area contributed by atoms with Gasteiger partial charge in [-0.05, 0) is 25.7 Å².